The van der Waals surface area contributed by atoms with Crippen LogP contribution in [0, 0.1) is 0 Å². The van der Waals surface area contributed by atoms with Gasteiger partial charge in [-0.25, -0.2) is 4.98 Å². The summed E-state index contributed by atoms with van der Waals surface area (Å²) in [6, 6.07) is 3.51. The third kappa shape index (κ3) is 2.11. The van der Waals surface area contributed by atoms with Crippen molar-refractivity contribution >= 4 is 11.6 Å². The van der Waals surface area contributed by atoms with Crippen molar-refractivity contribution in [1.82, 2.24) is 4.98 Å². The number of aromatic nitrogens is 1. The Balaban J connectivity index is 2.85. The molecule has 1 rings (SSSR count). The molecule has 5 heteroatoms. The molecular formula is C6H5ClN4. The Kier molecular flexibility index (Phi) is 2.72. The maximum atomic E-state index is 8.01. The molecule has 0 aliphatic carbocycles. The minimum Gasteiger partial charge on any atom is -0.244 e. The number of hydrogen-bond acceptors (Lipinski definition) is 2. The van der Waals surface area contributed by atoms with Crippen LogP contribution in [0.2, 0.25) is 5.15 Å². The zero-order valence-corrected chi connectivity index (χ0v) is 6.36. The summed E-state index contributed by atoms with van der Waals surface area (Å²) in [7, 11) is 0. The van der Waals surface area contributed by atoms with Gasteiger partial charge in [-0.05, 0) is 17.2 Å². The summed E-state index contributed by atoms with van der Waals surface area (Å²) in [5.74, 6) is 0. The second-order valence-corrected chi connectivity index (χ2v) is 2.20. The van der Waals surface area contributed by atoms with Gasteiger partial charge in [-0.2, -0.15) is 0 Å². The van der Waals surface area contributed by atoms with Gasteiger partial charge < -0.3 is 0 Å². The van der Waals surface area contributed by atoms with Crippen molar-refractivity contribution in [2.45, 2.75) is 6.54 Å². The highest BCUT2D eigenvalue weighted by molar-refractivity contribution is 6.30. The second-order valence-electron chi connectivity index (χ2n) is 1.84. The van der Waals surface area contributed by atoms with Crippen molar-refractivity contribution in [1.29, 1.82) is 0 Å². The van der Waals surface area contributed by atoms with Crippen molar-refractivity contribution in [3.63, 3.8) is 0 Å². The maximum Gasteiger partial charge on any atom is 0.132 e. The van der Waals surface area contributed by atoms with Crippen LogP contribution in [0.3, 0.4) is 0 Å². The van der Waals surface area contributed by atoms with Gasteiger partial charge in [-0.3, -0.25) is 0 Å². The fourth-order valence-corrected chi connectivity index (χ4v) is 0.824. The highest BCUT2D eigenvalue weighted by atomic mass is 35.5. The van der Waals surface area contributed by atoms with E-state index in [4.69, 9.17) is 17.1 Å². The van der Waals surface area contributed by atoms with Crippen LogP contribution < -0.4 is 0 Å². The SMILES string of the molecule is [N-]=[N+]=NCc1cccnc1Cl. The summed E-state index contributed by atoms with van der Waals surface area (Å²) in [6.07, 6.45) is 1.59. The van der Waals surface area contributed by atoms with E-state index in [1.807, 2.05) is 0 Å². The third-order valence-electron chi connectivity index (χ3n) is 1.14. The first-order chi connectivity index (χ1) is 5.34. The average Bonchev–Trinajstić information content (AvgIpc) is 2.03. The van der Waals surface area contributed by atoms with Gasteiger partial charge in [-0.15, -0.1) is 0 Å². The zero-order valence-electron chi connectivity index (χ0n) is 5.61. The highest BCUT2D eigenvalue weighted by Crippen LogP contribution is 2.11. The number of nitrogens with zero attached hydrogens (tertiary/aromatic N) is 4. The van der Waals surface area contributed by atoms with E-state index in [0.717, 1.165) is 5.56 Å². The van der Waals surface area contributed by atoms with E-state index in [1.54, 1.807) is 18.3 Å². The zero-order chi connectivity index (χ0) is 8.10. The lowest BCUT2D eigenvalue weighted by Crippen LogP contribution is -1.83. The van der Waals surface area contributed by atoms with Gasteiger partial charge in [0.15, 0.2) is 0 Å². The van der Waals surface area contributed by atoms with Crippen LogP contribution in [0.1, 0.15) is 5.56 Å². The lowest BCUT2D eigenvalue weighted by molar-refractivity contribution is 1.03. The van der Waals surface area contributed by atoms with E-state index in [1.165, 1.54) is 0 Å². The Morgan fingerprint density at radius 1 is 1.73 bits per heavy atom. The van der Waals surface area contributed by atoms with Crippen LogP contribution in [-0.2, 0) is 6.54 Å². The summed E-state index contributed by atoms with van der Waals surface area (Å²) in [5, 5.41) is 3.75. The molecule has 0 unspecified atom stereocenters. The van der Waals surface area contributed by atoms with Crippen molar-refractivity contribution in [2.24, 2.45) is 5.11 Å². The first-order valence-corrected chi connectivity index (χ1v) is 3.32. The molecule has 0 spiro atoms. The van der Waals surface area contributed by atoms with Crippen LogP contribution in [0.15, 0.2) is 23.4 Å². The van der Waals surface area contributed by atoms with Crippen molar-refractivity contribution in [3.8, 4) is 0 Å². The average molecular weight is 169 g/mol. The molecule has 56 valence electrons. The molecular weight excluding hydrogens is 164 g/mol. The topological polar surface area (TPSA) is 61.7 Å². The van der Waals surface area contributed by atoms with Crippen LogP contribution in [-0.4, -0.2) is 4.98 Å². The molecule has 0 amide bonds. The Morgan fingerprint density at radius 2 is 2.55 bits per heavy atom. The molecule has 1 aromatic rings. The Morgan fingerprint density at radius 3 is 3.18 bits per heavy atom. The van der Waals surface area contributed by atoms with Gasteiger partial charge in [0.2, 0.25) is 0 Å². The monoisotopic (exact) mass is 168 g/mol. The molecule has 0 saturated heterocycles. The van der Waals surface area contributed by atoms with Gasteiger partial charge in [0.1, 0.15) is 5.15 Å². The molecule has 0 N–H and O–H groups in total. The molecule has 0 fully saturated rings. The van der Waals surface area contributed by atoms with Gasteiger partial charge >= 0.3 is 0 Å². The standard InChI is InChI=1S/C6H5ClN4/c7-6-5(4-10-11-8)2-1-3-9-6/h1-3H,4H2. The fourth-order valence-electron chi connectivity index (χ4n) is 0.645. The molecule has 0 bridgehead atoms. The molecule has 11 heavy (non-hydrogen) atoms. The maximum absolute atomic E-state index is 8.01. The fraction of sp³-hybridized carbons (Fsp3) is 0.167. The molecule has 0 aromatic carbocycles. The molecule has 4 nitrogen and oxygen atoms in total. The smallest absolute Gasteiger partial charge is 0.132 e. The number of hydrogen-bond donors (Lipinski definition) is 0. The normalized spacial score (nSPS) is 8.82. The van der Waals surface area contributed by atoms with Crippen LogP contribution in [0.5, 0.6) is 0 Å². The van der Waals surface area contributed by atoms with E-state index >= 15 is 0 Å². The predicted molar refractivity (Wildman–Crippen MR) is 42.1 cm³/mol. The lowest BCUT2D eigenvalue weighted by atomic mass is 10.3. The van der Waals surface area contributed by atoms with Crippen molar-refractivity contribution in [3.05, 3.63) is 39.5 Å². The predicted octanol–water partition coefficient (Wildman–Crippen LogP) is 2.55. The van der Waals surface area contributed by atoms with Crippen LogP contribution in [0.25, 0.3) is 10.4 Å². The first-order valence-electron chi connectivity index (χ1n) is 2.95. The molecule has 0 atom stereocenters. The molecule has 0 radical (unpaired) electrons. The molecule has 0 aliphatic heterocycles. The van der Waals surface area contributed by atoms with Crippen LogP contribution >= 0.6 is 11.6 Å². The van der Waals surface area contributed by atoms with Gasteiger partial charge in [0.25, 0.3) is 0 Å². The van der Waals surface area contributed by atoms with Crippen LogP contribution in [0.4, 0.5) is 0 Å². The first kappa shape index (κ1) is 7.85. The summed E-state index contributed by atoms with van der Waals surface area (Å²) in [6.45, 7) is 0.253. The van der Waals surface area contributed by atoms with Crippen molar-refractivity contribution < 1.29 is 0 Å². The van der Waals surface area contributed by atoms with E-state index in [-0.39, 0.29) is 6.54 Å². The number of rotatable bonds is 2. The molecule has 0 aliphatic rings. The van der Waals surface area contributed by atoms with Gasteiger partial charge in [-0.1, -0.05) is 22.8 Å². The van der Waals surface area contributed by atoms with Crippen molar-refractivity contribution in [2.75, 3.05) is 0 Å². The molecule has 0 saturated carbocycles. The lowest BCUT2D eigenvalue weighted by Gasteiger charge is -1.95. The van der Waals surface area contributed by atoms with E-state index in [0.29, 0.717) is 5.15 Å². The Hall–Kier alpha value is -1.25. The summed E-state index contributed by atoms with van der Waals surface area (Å²) >= 11 is 5.67. The highest BCUT2D eigenvalue weighted by Gasteiger charge is 1.96. The minimum absolute atomic E-state index is 0.253. The van der Waals surface area contributed by atoms with Gasteiger partial charge in [0.05, 0.1) is 6.54 Å². The van der Waals surface area contributed by atoms with E-state index in [9.17, 15) is 0 Å². The number of azide groups is 1. The number of halogens is 1. The Bertz CT molecular complexity index is 292. The quantitative estimate of drug-likeness (QED) is 0.290. The van der Waals surface area contributed by atoms with E-state index in [2.05, 4.69) is 15.0 Å². The van der Waals surface area contributed by atoms with E-state index < -0.39 is 0 Å². The second kappa shape index (κ2) is 3.81. The largest absolute Gasteiger partial charge is 0.244 e. The number of pyridine rings is 1. The Labute approximate surface area is 68.5 Å². The third-order valence-corrected chi connectivity index (χ3v) is 1.48. The molecule has 1 heterocycles. The summed E-state index contributed by atoms with van der Waals surface area (Å²) in [4.78, 5) is 6.42. The minimum atomic E-state index is 0.253. The molecule has 1 aromatic heterocycles. The summed E-state index contributed by atoms with van der Waals surface area (Å²) in [5.41, 5.74) is 8.76. The summed E-state index contributed by atoms with van der Waals surface area (Å²) < 4.78 is 0. The van der Waals surface area contributed by atoms with Gasteiger partial charge in [0, 0.05) is 11.1 Å².